The van der Waals surface area contributed by atoms with E-state index in [1.807, 2.05) is 24.0 Å². The van der Waals surface area contributed by atoms with E-state index in [9.17, 15) is 4.79 Å². The van der Waals surface area contributed by atoms with Gasteiger partial charge in [0.05, 0.1) is 0 Å². The van der Waals surface area contributed by atoms with Crippen molar-refractivity contribution in [3.8, 4) is 5.88 Å². The maximum Gasteiger partial charge on any atom is 0.246 e. The fourth-order valence-corrected chi connectivity index (χ4v) is 3.30. The highest BCUT2D eigenvalue weighted by Gasteiger charge is 2.21. The molecule has 0 spiro atoms. The summed E-state index contributed by atoms with van der Waals surface area (Å²) in [7, 11) is 0. The zero-order valence-corrected chi connectivity index (χ0v) is 14.4. The summed E-state index contributed by atoms with van der Waals surface area (Å²) in [6.45, 7) is 4.85. The molecule has 2 fully saturated rings. The van der Waals surface area contributed by atoms with Crippen molar-refractivity contribution >= 4 is 11.7 Å². The Morgan fingerprint density at radius 3 is 2.50 bits per heavy atom. The zero-order chi connectivity index (χ0) is 16.8. The predicted molar refractivity (Wildman–Crippen MR) is 93.1 cm³/mol. The van der Waals surface area contributed by atoms with Crippen LogP contribution in [0.1, 0.15) is 39.0 Å². The molecule has 2 aliphatic rings. The van der Waals surface area contributed by atoms with Crippen LogP contribution in [-0.4, -0.2) is 53.3 Å². The molecule has 0 unspecified atom stereocenters. The fraction of sp³-hybridized carbons (Fsp3) is 0.611. The maximum atomic E-state index is 11.9. The van der Waals surface area contributed by atoms with Crippen molar-refractivity contribution in [1.29, 1.82) is 0 Å². The minimum absolute atomic E-state index is 0.0828. The highest BCUT2D eigenvalue weighted by molar-refractivity contribution is 5.87. The quantitative estimate of drug-likeness (QED) is 0.794. The number of hydrogen-bond donors (Lipinski definition) is 0. The number of rotatable bonds is 4. The molecule has 1 aromatic rings. The first-order valence-corrected chi connectivity index (χ1v) is 8.93. The molecule has 2 heterocycles. The van der Waals surface area contributed by atoms with E-state index in [1.54, 1.807) is 12.2 Å². The topological polar surface area (TPSA) is 58.6 Å². The molecule has 6 nitrogen and oxygen atoms in total. The second-order valence-electron chi connectivity index (χ2n) is 6.42. The molecule has 0 aromatic carbocycles. The lowest BCUT2D eigenvalue weighted by Gasteiger charge is -2.34. The summed E-state index contributed by atoms with van der Waals surface area (Å²) in [5, 5.41) is 8.53. The van der Waals surface area contributed by atoms with E-state index in [1.165, 1.54) is 19.3 Å². The van der Waals surface area contributed by atoms with Gasteiger partial charge in [0.2, 0.25) is 11.8 Å². The van der Waals surface area contributed by atoms with Gasteiger partial charge in [0.25, 0.3) is 0 Å². The monoisotopic (exact) mass is 330 g/mol. The van der Waals surface area contributed by atoms with Crippen LogP contribution in [0, 0.1) is 0 Å². The number of ether oxygens (including phenoxy) is 1. The van der Waals surface area contributed by atoms with E-state index in [2.05, 4.69) is 15.1 Å². The van der Waals surface area contributed by atoms with E-state index in [-0.39, 0.29) is 5.91 Å². The van der Waals surface area contributed by atoms with E-state index < -0.39 is 0 Å². The first-order valence-electron chi connectivity index (χ1n) is 8.93. The van der Waals surface area contributed by atoms with Crippen LogP contribution in [0.4, 0.5) is 5.82 Å². The van der Waals surface area contributed by atoms with E-state index in [0.29, 0.717) is 25.1 Å². The second-order valence-corrected chi connectivity index (χ2v) is 6.42. The van der Waals surface area contributed by atoms with Crippen LogP contribution in [0.15, 0.2) is 24.3 Å². The minimum atomic E-state index is 0.0828. The smallest absolute Gasteiger partial charge is 0.246 e. The van der Waals surface area contributed by atoms with Crippen molar-refractivity contribution in [2.75, 3.05) is 31.1 Å². The van der Waals surface area contributed by atoms with Crippen LogP contribution in [0.2, 0.25) is 0 Å². The van der Waals surface area contributed by atoms with Crippen LogP contribution >= 0.6 is 0 Å². The number of hydrogen-bond acceptors (Lipinski definition) is 5. The summed E-state index contributed by atoms with van der Waals surface area (Å²) in [5.41, 5.74) is 0. The average molecular weight is 330 g/mol. The molecule has 3 rings (SSSR count). The van der Waals surface area contributed by atoms with Crippen molar-refractivity contribution in [3.63, 3.8) is 0 Å². The van der Waals surface area contributed by atoms with Crippen molar-refractivity contribution < 1.29 is 9.53 Å². The maximum absolute atomic E-state index is 11.9. The molecule has 1 aliphatic carbocycles. The van der Waals surface area contributed by atoms with Gasteiger partial charge in [-0.3, -0.25) is 4.79 Å². The normalized spacial score (nSPS) is 19.7. The summed E-state index contributed by atoms with van der Waals surface area (Å²) in [6, 6.07) is 3.88. The lowest BCUT2D eigenvalue weighted by atomic mass is 9.98. The zero-order valence-electron chi connectivity index (χ0n) is 14.4. The SMILES string of the molecule is C/C=C/C(=O)N1CCN(c2ccc(OC3CCCCC3)nn2)CC1. The van der Waals surface area contributed by atoms with E-state index in [4.69, 9.17) is 4.74 Å². The number of allylic oxidation sites excluding steroid dienone is 1. The molecule has 130 valence electrons. The van der Waals surface area contributed by atoms with Crippen molar-refractivity contribution in [2.45, 2.75) is 45.1 Å². The van der Waals surface area contributed by atoms with Gasteiger partial charge in [-0.2, -0.15) is 0 Å². The number of nitrogens with zero attached hydrogens (tertiary/aromatic N) is 4. The molecule has 0 radical (unpaired) electrons. The standard InChI is InChI=1S/C18H26N4O2/c1-2-6-18(23)22-13-11-21(12-14-22)16-9-10-17(20-19-16)24-15-7-4-3-5-8-15/h2,6,9-10,15H,3-5,7-8,11-14H2,1H3/b6-2+. The first-order chi connectivity index (χ1) is 11.8. The molecular weight excluding hydrogens is 304 g/mol. The molecule has 1 saturated carbocycles. The minimum Gasteiger partial charge on any atom is -0.473 e. The van der Waals surface area contributed by atoms with E-state index in [0.717, 1.165) is 31.7 Å². The van der Waals surface area contributed by atoms with Gasteiger partial charge in [-0.1, -0.05) is 12.5 Å². The highest BCUT2D eigenvalue weighted by Crippen LogP contribution is 2.23. The number of amides is 1. The van der Waals surface area contributed by atoms with Crippen LogP contribution in [0.25, 0.3) is 0 Å². The molecule has 0 atom stereocenters. The number of anilines is 1. The Labute approximate surface area is 143 Å². The number of piperazine rings is 1. The van der Waals surface area contributed by atoms with Gasteiger partial charge in [0.1, 0.15) is 6.10 Å². The van der Waals surface area contributed by atoms with Crippen molar-refractivity contribution in [1.82, 2.24) is 15.1 Å². The van der Waals surface area contributed by atoms with Crippen LogP contribution < -0.4 is 9.64 Å². The highest BCUT2D eigenvalue weighted by atomic mass is 16.5. The molecule has 1 aromatic heterocycles. The Bertz CT molecular complexity index is 559. The molecule has 6 heteroatoms. The lowest BCUT2D eigenvalue weighted by molar-refractivity contribution is -0.126. The lowest BCUT2D eigenvalue weighted by Crippen LogP contribution is -2.48. The molecule has 1 amide bonds. The molecular formula is C18H26N4O2. The van der Waals surface area contributed by atoms with Gasteiger partial charge in [-0.15, -0.1) is 10.2 Å². The molecule has 1 saturated heterocycles. The number of carbonyl (C=O) groups excluding carboxylic acids is 1. The van der Waals surface area contributed by atoms with Gasteiger partial charge >= 0.3 is 0 Å². The van der Waals surface area contributed by atoms with Gasteiger partial charge in [-0.25, -0.2) is 0 Å². The van der Waals surface area contributed by atoms with Crippen LogP contribution in [0.3, 0.4) is 0 Å². The van der Waals surface area contributed by atoms with E-state index >= 15 is 0 Å². The van der Waals surface area contributed by atoms with Gasteiger partial charge in [-0.05, 0) is 44.7 Å². The largest absolute Gasteiger partial charge is 0.473 e. The summed E-state index contributed by atoms with van der Waals surface area (Å²) < 4.78 is 5.92. The summed E-state index contributed by atoms with van der Waals surface area (Å²) >= 11 is 0. The third kappa shape index (κ3) is 4.24. The molecule has 0 N–H and O–H groups in total. The Balaban J connectivity index is 1.52. The van der Waals surface area contributed by atoms with Crippen molar-refractivity contribution in [3.05, 3.63) is 24.3 Å². The van der Waals surface area contributed by atoms with Gasteiger partial charge < -0.3 is 14.5 Å². The van der Waals surface area contributed by atoms with Gasteiger partial charge in [0, 0.05) is 32.2 Å². The molecule has 0 bridgehead atoms. The Kier molecular flexibility index (Phi) is 5.67. The summed E-state index contributed by atoms with van der Waals surface area (Å²) in [6.07, 6.45) is 9.72. The van der Waals surface area contributed by atoms with Gasteiger partial charge in [0.15, 0.2) is 5.82 Å². The van der Waals surface area contributed by atoms with Crippen molar-refractivity contribution in [2.24, 2.45) is 0 Å². The number of carbonyl (C=O) groups is 1. The van der Waals surface area contributed by atoms with Crippen LogP contribution in [0.5, 0.6) is 5.88 Å². The van der Waals surface area contributed by atoms with Crippen LogP contribution in [-0.2, 0) is 4.79 Å². The predicted octanol–water partition coefficient (Wildman–Crippen LogP) is 2.41. The fourth-order valence-electron chi connectivity index (χ4n) is 3.30. The Hall–Kier alpha value is -2.11. The summed E-state index contributed by atoms with van der Waals surface area (Å²) in [4.78, 5) is 15.9. The number of aromatic nitrogens is 2. The Morgan fingerprint density at radius 1 is 1.12 bits per heavy atom. The average Bonchev–Trinajstić information content (AvgIpc) is 2.64. The molecule has 1 aliphatic heterocycles. The summed E-state index contributed by atoms with van der Waals surface area (Å²) in [5.74, 6) is 1.55. The second kappa shape index (κ2) is 8.13. The Morgan fingerprint density at radius 2 is 1.88 bits per heavy atom. The molecule has 24 heavy (non-hydrogen) atoms. The third-order valence-electron chi connectivity index (χ3n) is 4.69. The first kappa shape index (κ1) is 16.7. The third-order valence-corrected chi connectivity index (χ3v) is 4.69.